The third kappa shape index (κ3) is 3.91. The monoisotopic (exact) mass is 391 g/mol. The summed E-state index contributed by atoms with van der Waals surface area (Å²) in [6, 6.07) is 3.94. The molecule has 150 valence electrons. The van der Waals surface area contributed by atoms with Crippen LogP contribution in [0.15, 0.2) is 18.2 Å². The molecule has 2 atom stereocenters. The van der Waals surface area contributed by atoms with Gasteiger partial charge in [-0.3, -0.25) is 0 Å². The van der Waals surface area contributed by atoms with Crippen molar-refractivity contribution < 1.29 is 13.2 Å². The Morgan fingerprint density at radius 3 is 2.32 bits per heavy atom. The smallest absolute Gasteiger partial charge is 0.383 e. The summed E-state index contributed by atoms with van der Waals surface area (Å²) in [5, 5.41) is 3.45. The number of pyridine rings is 1. The molecule has 0 aliphatic heterocycles. The van der Waals surface area contributed by atoms with Crippen LogP contribution in [0.3, 0.4) is 0 Å². The number of nitrogens with two attached hydrogens (primary N) is 1. The molecule has 2 fully saturated rings. The number of nitrogens with zero attached hydrogens (tertiary/aromatic N) is 3. The predicted molar refractivity (Wildman–Crippen MR) is 102 cm³/mol. The molecule has 2 aromatic rings. The topological polar surface area (TPSA) is 76.7 Å². The average molecular weight is 391 g/mol. The van der Waals surface area contributed by atoms with Gasteiger partial charge in [-0.2, -0.15) is 13.2 Å². The fourth-order valence-corrected chi connectivity index (χ4v) is 3.64. The minimum Gasteiger partial charge on any atom is -0.383 e. The first-order chi connectivity index (χ1) is 13.2. The molecule has 4 rings (SSSR count). The summed E-state index contributed by atoms with van der Waals surface area (Å²) in [4.78, 5) is 12.6. The highest BCUT2D eigenvalue weighted by Crippen LogP contribution is 2.46. The fraction of sp³-hybridized carbons (Fsp3) is 0.550. The van der Waals surface area contributed by atoms with Crippen LogP contribution >= 0.6 is 0 Å². The van der Waals surface area contributed by atoms with Crippen molar-refractivity contribution in [1.82, 2.24) is 15.0 Å². The molecule has 0 bridgehead atoms. The van der Waals surface area contributed by atoms with E-state index in [0.29, 0.717) is 23.5 Å². The molecular weight excluding hydrogens is 367 g/mol. The van der Waals surface area contributed by atoms with E-state index in [-0.39, 0.29) is 23.5 Å². The highest BCUT2D eigenvalue weighted by atomic mass is 19.4. The first-order valence-electron chi connectivity index (χ1n) is 9.72. The molecule has 2 saturated carbocycles. The number of nitrogens with one attached hydrogen (secondary N) is 1. The van der Waals surface area contributed by atoms with Gasteiger partial charge in [0.2, 0.25) is 0 Å². The van der Waals surface area contributed by atoms with Crippen LogP contribution in [0.5, 0.6) is 0 Å². The molecule has 2 aliphatic carbocycles. The standard InChI is InChI=1S/C20H24F3N5/c1-10(12-6-7-12)16-17(24)27-18(28-19(16)25-11(2)13-8-9-13)14-4-3-5-15(26-14)20(21,22)23/h3-5,10-13H,6-9H2,1-2H3,(H3,24,25,27,28). The van der Waals surface area contributed by atoms with Crippen molar-refractivity contribution in [2.45, 2.75) is 57.7 Å². The zero-order chi connectivity index (χ0) is 20.1. The molecule has 28 heavy (non-hydrogen) atoms. The summed E-state index contributed by atoms with van der Waals surface area (Å²) < 4.78 is 39.1. The highest BCUT2D eigenvalue weighted by molar-refractivity contribution is 5.64. The van der Waals surface area contributed by atoms with Gasteiger partial charge in [0.15, 0.2) is 5.82 Å². The van der Waals surface area contributed by atoms with Crippen molar-refractivity contribution in [2.24, 2.45) is 11.8 Å². The maximum Gasteiger partial charge on any atom is 0.433 e. The van der Waals surface area contributed by atoms with Crippen LogP contribution in [0.25, 0.3) is 11.5 Å². The van der Waals surface area contributed by atoms with Crippen molar-refractivity contribution in [3.63, 3.8) is 0 Å². The number of hydrogen-bond acceptors (Lipinski definition) is 5. The number of hydrogen-bond donors (Lipinski definition) is 2. The second-order valence-corrected chi connectivity index (χ2v) is 8.00. The molecule has 0 radical (unpaired) electrons. The molecule has 2 aliphatic rings. The lowest BCUT2D eigenvalue weighted by molar-refractivity contribution is -0.141. The van der Waals surface area contributed by atoms with E-state index in [0.717, 1.165) is 24.5 Å². The van der Waals surface area contributed by atoms with Crippen molar-refractivity contribution in [2.75, 3.05) is 11.1 Å². The zero-order valence-corrected chi connectivity index (χ0v) is 15.9. The van der Waals surface area contributed by atoms with Gasteiger partial charge in [-0.25, -0.2) is 15.0 Å². The Hall–Kier alpha value is -2.38. The minimum atomic E-state index is -4.52. The molecular formula is C20H24F3N5. The van der Waals surface area contributed by atoms with E-state index >= 15 is 0 Å². The largest absolute Gasteiger partial charge is 0.433 e. The van der Waals surface area contributed by atoms with Gasteiger partial charge >= 0.3 is 6.18 Å². The SMILES string of the molecule is CC(Nc1nc(-c2cccc(C(F)(F)F)n2)nc(N)c1C(C)C1CC1)C1CC1. The molecule has 8 heteroatoms. The second kappa shape index (κ2) is 6.90. The van der Waals surface area contributed by atoms with Crippen LogP contribution in [0.4, 0.5) is 24.8 Å². The fourth-order valence-electron chi connectivity index (χ4n) is 3.64. The lowest BCUT2D eigenvalue weighted by atomic mass is 9.96. The molecule has 2 aromatic heterocycles. The number of anilines is 2. The number of aromatic nitrogens is 3. The van der Waals surface area contributed by atoms with Gasteiger partial charge in [-0.15, -0.1) is 0 Å². The molecule has 0 amide bonds. The van der Waals surface area contributed by atoms with E-state index in [2.05, 4.69) is 34.1 Å². The van der Waals surface area contributed by atoms with Crippen molar-refractivity contribution in [1.29, 1.82) is 0 Å². The number of rotatable bonds is 6. The van der Waals surface area contributed by atoms with E-state index in [1.54, 1.807) is 0 Å². The van der Waals surface area contributed by atoms with Gasteiger partial charge in [0, 0.05) is 11.6 Å². The Morgan fingerprint density at radius 2 is 1.71 bits per heavy atom. The van der Waals surface area contributed by atoms with E-state index < -0.39 is 11.9 Å². The lowest BCUT2D eigenvalue weighted by Crippen LogP contribution is -2.21. The Labute approximate surface area is 162 Å². The van der Waals surface area contributed by atoms with Crippen molar-refractivity contribution in [3.05, 3.63) is 29.5 Å². The van der Waals surface area contributed by atoms with Crippen molar-refractivity contribution in [3.8, 4) is 11.5 Å². The van der Waals surface area contributed by atoms with Crippen LogP contribution < -0.4 is 11.1 Å². The lowest BCUT2D eigenvalue weighted by Gasteiger charge is -2.22. The van der Waals surface area contributed by atoms with Crippen LogP contribution in [0.1, 0.15) is 56.7 Å². The molecule has 5 nitrogen and oxygen atoms in total. The molecule has 2 unspecified atom stereocenters. The second-order valence-electron chi connectivity index (χ2n) is 8.00. The molecule has 0 aromatic carbocycles. The first kappa shape index (κ1) is 19.0. The maximum absolute atomic E-state index is 13.0. The van der Waals surface area contributed by atoms with E-state index in [1.165, 1.54) is 25.0 Å². The maximum atomic E-state index is 13.0. The average Bonchev–Trinajstić information content (AvgIpc) is 3.53. The summed E-state index contributed by atoms with van der Waals surface area (Å²) in [6.07, 6.45) is 0.114. The normalized spacial score (nSPS) is 19.3. The van der Waals surface area contributed by atoms with Gasteiger partial charge in [-0.1, -0.05) is 13.0 Å². The van der Waals surface area contributed by atoms with E-state index in [9.17, 15) is 13.2 Å². The molecule has 3 N–H and O–H groups in total. The minimum absolute atomic E-state index is 0.0641. The van der Waals surface area contributed by atoms with Crippen LogP contribution in [-0.4, -0.2) is 21.0 Å². The summed E-state index contributed by atoms with van der Waals surface area (Å²) >= 11 is 0. The quantitative estimate of drug-likeness (QED) is 0.735. The summed E-state index contributed by atoms with van der Waals surface area (Å²) in [5.41, 5.74) is 6.24. The Kier molecular flexibility index (Phi) is 4.67. The third-order valence-corrected chi connectivity index (χ3v) is 5.72. The number of nitrogen functional groups attached to an aromatic ring is 1. The predicted octanol–water partition coefficient (Wildman–Crippen LogP) is 4.86. The zero-order valence-electron chi connectivity index (χ0n) is 15.9. The van der Waals surface area contributed by atoms with Crippen LogP contribution in [0.2, 0.25) is 0 Å². The van der Waals surface area contributed by atoms with Gasteiger partial charge in [0.1, 0.15) is 23.0 Å². The molecule has 0 spiro atoms. The van der Waals surface area contributed by atoms with E-state index in [4.69, 9.17) is 5.73 Å². The van der Waals surface area contributed by atoms with Gasteiger partial charge in [-0.05, 0) is 62.5 Å². The summed E-state index contributed by atoms with van der Waals surface area (Å²) in [5.74, 6) is 2.41. The summed E-state index contributed by atoms with van der Waals surface area (Å²) in [7, 11) is 0. The Balaban J connectivity index is 1.75. The molecule has 0 saturated heterocycles. The highest BCUT2D eigenvalue weighted by Gasteiger charge is 2.35. The van der Waals surface area contributed by atoms with Crippen molar-refractivity contribution >= 4 is 11.6 Å². The van der Waals surface area contributed by atoms with Gasteiger partial charge in [0.05, 0.1) is 0 Å². The van der Waals surface area contributed by atoms with Crippen LogP contribution in [0, 0.1) is 11.8 Å². The van der Waals surface area contributed by atoms with Gasteiger partial charge in [0.25, 0.3) is 0 Å². The van der Waals surface area contributed by atoms with Gasteiger partial charge < -0.3 is 11.1 Å². The first-order valence-corrected chi connectivity index (χ1v) is 9.72. The third-order valence-electron chi connectivity index (χ3n) is 5.72. The number of alkyl halides is 3. The number of halogens is 3. The molecule has 2 heterocycles. The Bertz CT molecular complexity index is 875. The summed E-state index contributed by atoms with van der Waals surface area (Å²) in [6.45, 7) is 4.21. The van der Waals surface area contributed by atoms with E-state index in [1.807, 2.05) is 0 Å². The Morgan fingerprint density at radius 1 is 1.04 bits per heavy atom. The van der Waals surface area contributed by atoms with Crippen LogP contribution in [-0.2, 0) is 6.18 Å².